The van der Waals surface area contributed by atoms with Crippen molar-refractivity contribution in [1.29, 1.82) is 0 Å². The summed E-state index contributed by atoms with van der Waals surface area (Å²) in [6.45, 7) is 6.68. The molecule has 1 aliphatic rings. The fourth-order valence-electron chi connectivity index (χ4n) is 2.37. The van der Waals surface area contributed by atoms with E-state index in [1.807, 2.05) is 60.7 Å². The highest BCUT2D eigenvalue weighted by atomic mass is 28.3. The van der Waals surface area contributed by atoms with Gasteiger partial charge in [-0.15, -0.1) is 5.54 Å². The van der Waals surface area contributed by atoms with Crippen LogP contribution in [0.25, 0.3) is 11.6 Å². The topological polar surface area (TPSA) is 26.3 Å². The number of benzene rings is 2. The largest absolute Gasteiger partial charge is 0.423 e. The Hall–Kier alpha value is -2.83. The molecule has 25 heavy (non-hydrogen) atoms. The van der Waals surface area contributed by atoms with E-state index in [0.29, 0.717) is 11.3 Å². The van der Waals surface area contributed by atoms with Gasteiger partial charge in [0, 0.05) is 5.56 Å². The van der Waals surface area contributed by atoms with Gasteiger partial charge in [0.15, 0.2) is 0 Å². The summed E-state index contributed by atoms with van der Waals surface area (Å²) in [4.78, 5) is 12.1. The summed E-state index contributed by atoms with van der Waals surface area (Å²) >= 11 is 0. The van der Waals surface area contributed by atoms with Crippen LogP contribution in [0.5, 0.6) is 0 Å². The highest BCUT2D eigenvalue weighted by Gasteiger charge is 2.22. The highest BCUT2D eigenvalue weighted by Crippen LogP contribution is 2.27. The molecule has 124 valence electrons. The Kier molecular flexibility index (Phi) is 4.73. The molecule has 0 radical (unpaired) electrons. The minimum absolute atomic E-state index is 0.310. The van der Waals surface area contributed by atoms with Crippen LogP contribution >= 0.6 is 0 Å². The summed E-state index contributed by atoms with van der Waals surface area (Å²) in [5, 5.41) is 0. The summed E-state index contributed by atoms with van der Waals surface area (Å²) in [6, 6.07) is 17.5. The van der Waals surface area contributed by atoms with Gasteiger partial charge in [0.05, 0.1) is 5.57 Å². The number of carbonyl (C=O) groups excluding carboxylic acids is 1. The Morgan fingerprint density at radius 1 is 0.960 bits per heavy atom. The van der Waals surface area contributed by atoms with Crippen molar-refractivity contribution in [3.8, 4) is 11.5 Å². The molecule has 2 aromatic carbocycles. The molecule has 2 aromatic rings. The van der Waals surface area contributed by atoms with Crippen LogP contribution in [-0.2, 0) is 9.53 Å². The van der Waals surface area contributed by atoms with Crippen LogP contribution in [0, 0.1) is 11.5 Å². The van der Waals surface area contributed by atoms with Crippen LogP contribution in [0.3, 0.4) is 0 Å². The van der Waals surface area contributed by atoms with E-state index in [9.17, 15) is 4.79 Å². The zero-order valence-corrected chi connectivity index (χ0v) is 15.7. The first-order valence-electron chi connectivity index (χ1n) is 8.25. The molecule has 3 heteroatoms. The van der Waals surface area contributed by atoms with Crippen LogP contribution in [0.4, 0.5) is 0 Å². The lowest BCUT2D eigenvalue weighted by molar-refractivity contribution is -0.131. The molecule has 2 nitrogen and oxygen atoms in total. The number of cyclic esters (lactones) is 1. The molecule has 0 spiro atoms. The Labute approximate surface area is 149 Å². The maximum absolute atomic E-state index is 12.1. The lowest BCUT2D eigenvalue weighted by atomic mass is 10.1. The third-order valence-corrected chi connectivity index (χ3v) is 4.48. The van der Waals surface area contributed by atoms with Crippen LogP contribution in [0.2, 0.25) is 19.6 Å². The SMILES string of the molecule is C[Si](C)(C)C#Cc1ccc(/C=C2/C=C(c3ccccc3)C(=O)O2)cc1. The van der Waals surface area contributed by atoms with Crippen molar-refractivity contribution >= 4 is 25.7 Å². The predicted molar refractivity (Wildman–Crippen MR) is 105 cm³/mol. The van der Waals surface area contributed by atoms with Crippen LogP contribution in [-0.4, -0.2) is 14.0 Å². The second kappa shape index (κ2) is 6.96. The maximum atomic E-state index is 12.1. The van der Waals surface area contributed by atoms with Crippen molar-refractivity contribution in [2.75, 3.05) is 0 Å². The van der Waals surface area contributed by atoms with E-state index in [4.69, 9.17) is 4.74 Å². The third-order valence-electron chi connectivity index (χ3n) is 3.60. The minimum Gasteiger partial charge on any atom is -0.423 e. The van der Waals surface area contributed by atoms with E-state index in [-0.39, 0.29) is 5.97 Å². The first-order chi connectivity index (χ1) is 11.9. The Balaban J connectivity index is 1.81. The molecule has 0 amide bonds. The quantitative estimate of drug-likeness (QED) is 0.440. The molecule has 0 unspecified atom stereocenters. The van der Waals surface area contributed by atoms with Gasteiger partial charge >= 0.3 is 5.97 Å². The van der Waals surface area contributed by atoms with Gasteiger partial charge in [0.25, 0.3) is 0 Å². The molecule has 0 saturated heterocycles. The van der Waals surface area contributed by atoms with E-state index in [2.05, 4.69) is 31.1 Å². The molecular formula is C22H20O2Si. The summed E-state index contributed by atoms with van der Waals surface area (Å²) < 4.78 is 5.36. The van der Waals surface area contributed by atoms with Gasteiger partial charge in [0.2, 0.25) is 0 Å². The zero-order valence-electron chi connectivity index (χ0n) is 14.7. The molecule has 1 aliphatic heterocycles. The van der Waals surface area contributed by atoms with Gasteiger partial charge in [-0.1, -0.05) is 68.0 Å². The maximum Gasteiger partial charge on any atom is 0.344 e. The number of rotatable bonds is 2. The van der Waals surface area contributed by atoms with Gasteiger partial charge in [-0.3, -0.25) is 0 Å². The van der Waals surface area contributed by atoms with Crippen LogP contribution in [0.1, 0.15) is 16.7 Å². The second-order valence-corrected chi connectivity index (χ2v) is 11.7. The number of ether oxygens (including phenoxy) is 1. The number of esters is 1. The molecule has 3 rings (SSSR count). The van der Waals surface area contributed by atoms with Crippen molar-refractivity contribution in [2.45, 2.75) is 19.6 Å². The smallest absolute Gasteiger partial charge is 0.344 e. The molecule has 0 bridgehead atoms. The summed E-state index contributed by atoms with van der Waals surface area (Å²) in [6.07, 6.45) is 3.65. The third kappa shape index (κ3) is 4.59. The summed E-state index contributed by atoms with van der Waals surface area (Å²) in [7, 11) is -1.37. The second-order valence-electron chi connectivity index (χ2n) is 6.98. The Morgan fingerprint density at radius 2 is 1.64 bits per heavy atom. The molecule has 0 fully saturated rings. The summed E-state index contributed by atoms with van der Waals surface area (Å²) in [5.41, 5.74) is 6.80. The summed E-state index contributed by atoms with van der Waals surface area (Å²) in [5.74, 6) is 3.48. The van der Waals surface area contributed by atoms with Gasteiger partial charge in [-0.2, -0.15) is 0 Å². The van der Waals surface area contributed by atoms with E-state index in [0.717, 1.165) is 16.7 Å². The fraction of sp³-hybridized carbons (Fsp3) is 0.136. The number of hydrogen-bond donors (Lipinski definition) is 0. The first-order valence-corrected chi connectivity index (χ1v) is 11.7. The van der Waals surface area contributed by atoms with Crippen molar-refractivity contribution in [3.05, 3.63) is 83.1 Å². The molecular weight excluding hydrogens is 324 g/mol. The highest BCUT2D eigenvalue weighted by molar-refractivity contribution is 6.83. The van der Waals surface area contributed by atoms with E-state index < -0.39 is 8.07 Å². The minimum atomic E-state index is -1.37. The number of carbonyl (C=O) groups is 1. The molecule has 0 saturated carbocycles. The standard InChI is InChI=1S/C22H20O2Si/c1-25(2,3)14-13-17-9-11-18(12-10-17)15-20-16-21(22(23)24-20)19-7-5-4-6-8-19/h4-12,15-16H,1-3H3/b20-15-. The average molecular weight is 344 g/mol. The van der Waals surface area contributed by atoms with E-state index in [1.54, 1.807) is 6.08 Å². The average Bonchev–Trinajstić information content (AvgIpc) is 2.95. The van der Waals surface area contributed by atoms with Gasteiger partial charge in [-0.05, 0) is 35.4 Å². The molecule has 1 heterocycles. The van der Waals surface area contributed by atoms with Crippen LogP contribution < -0.4 is 0 Å². The Bertz CT molecular complexity index is 902. The van der Waals surface area contributed by atoms with Gasteiger partial charge in [-0.25, -0.2) is 4.79 Å². The molecule has 0 aliphatic carbocycles. The number of allylic oxidation sites excluding steroid dienone is 1. The van der Waals surface area contributed by atoms with Gasteiger partial charge in [0.1, 0.15) is 13.8 Å². The van der Waals surface area contributed by atoms with E-state index >= 15 is 0 Å². The zero-order chi connectivity index (χ0) is 17.9. The van der Waals surface area contributed by atoms with Crippen molar-refractivity contribution < 1.29 is 9.53 Å². The lowest BCUT2D eigenvalue weighted by Gasteiger charge is -2.03. The van der Waals surface area contributed by atoms with Crippen molar-refractivity contribution in [3.63, 3.8) is 0 Å². The lowest BCUT2D eigenvalue weighted by Crippen LogP contribution is -2.16. The van der Waals surface area contributed by atoms with Crippen molar-refractivity contribution in [2.24, 2.45) is 0 Å². The normalized spacial score (nSPS) is 15.4. The van der Waals surface area contributed by atoms with Gasteiger partial charge < -0.3 is 4.74 Å². The molecule has 0 atom stereocenters. The molecule has 0 N–H and O–H groups in total. The van der Waals surface area contributed by atoms with Crippen molar-refractivity contribution in [1.82, 2.24) is 0 Å². The Morgan fingerprint density at radius 3 is 2.28 bits per heavy atom. The fourth-order valence-corrected chi connectivity index (χ4v) is 2.89. The van der Waals surface area contributed by atoms with Crippen LogP contribution in [0.15, 0.2) is 66.4 Å². The monoisotopic (exact) mass is 344 g/mol. The number of hydrogen-bond acceptors (Lipinski definition) is 2. The molecule has 0 aromatic heterocycles. The first kappa shape index (κ1) is 17.0. The van der Waals surface area contributed by atoms with E-state index in [1.165, 1.54) is 0 Å². The predicted octanol–water partition coefficient (Wildman–Crippen LogP) is 4.90.